The molecule has 0 bridgehead atoms. The summed E-state index contributed by atoms with van der Waals surface area (Å²) in [5.74, 6) is 4.81. The molecule has 0 saturated heterocycles. The second-order valence-electron chi connectivity index (χ2n) is 4.84. The van der Waals surface area contributed by atoms with E-state index in [4.69, 9.17) is 10.5 Å². The second kappa shape index (κ2) is 7.79. The lowest BCUT2D eigenvalue weighted by Gasteiger charge is -2.07. The molecule has 0 amide bonds. The van der Waals surface area contributed by atoms with Crippen LogP contribution in [0.4, 0.5) is 5.69 Å². The fraction of sp³-hybridized carbons (Fsp3) is 0.167. The number of anilines is 1. The first-order valence-electron chi connectivity index (χ1n) is 7.08. The molecule has 6 heteroatoms. The topological polar surface area (TPSA) is 91.5 Å². The van der Waals surface area contributed by atoms with Crippen molar-refractivity contribution in [1.82, 2.24) is 4.98 Å². The van der Waals surface area contributed by atoms with Gasteiger partial charge in [-0.05, 0) is 18.2 Å². The van der Waals surface area contributed by atoms with Crippen LogP contribution in [0.2, 0.25) is 0 Å². The Hall–Kier alpha value is -3.33. The molecular weight excluding hydrogens is 308 g/mol. The first-order chi connectivity index (χ1) is 11.5. The summed E-state index contributed by atoms with van der Waals surface area (Å²) in [4.78, 5) is 26.8. The molecule has 0 fully saturated rings. The molecular formula is C18H16N2O4. The average molecular weight is 324 g/mol. The van der Waals surface area contributed by atoms with Crippen LogP contribution in [0.1, 0.15) is 34.1 Å². The largest absolute Gasteiger partial charge is 0.464 e. The van der Waals surface area contributed by atoms with E-state index < -0.39 is 11.9 Å². The van der Waals surface area contributed by atoms with Crippen molar-refractivity contribution in [2.45, 2.75) is 13.5 Å². The third-order valence-corrected chi connectivity index (χ3v) is 3.08. The third kappa shape index (κ3) is 4.34. The zero-order chi connectivity index (χ0) is 17.5. The van der Waals surface area contributed by atoms with Gasteiger partial charge in [-0.3, -0.25) is 4.79 Å². The van der Waals surface area contributed by atoms with E-state index in [1.807, 2.05) is 12.1 Å². The maximum absolute atomic E-state index is 11.7. The van der Waals surface area contributed by atoms with Gasteiger partial charge in [0.1, 0.15) is 6.61 Å². The van der Waals surface area contributed by atoms with E-state index in [0.717, 1.165) is 0 Å². The molecule has 0 radical (unpaired) electrons. The lowest BCUT2D eigenvalue weighted by atomic mass is 10.1. The van der Waals surface area contributed by atoms with Gasteiger partial charge in [0.05, 0.1) is 7.11 Å². The van der Waals surface area contributed by atoms with E-state index in [1.165, 1.54) is 20.2 Å². The fourth-order valence-electron chi connectivity index (χ4n) is 1.90. The van der Waals surface area contributed by atoms with Gasteiger partial charge in [0, 0.05) is 35.5 Å². The molecule has 2 rings (SSSR count). The number of benzene rings is 1. The minimum Gasteiger partial charge on any atom is -0.464 e. The number of nitrogens with zero attached hydrogens (tertiary/aromatic N) is 1. The molecule has 1 heterocycles. The number of hydrogen-bond acceptors (Lipinski definition) is 6. The highest BCUT2D eigenvalue weighted by Crippen LogP contribution is 2.13. The normalized spacial score (nSPS) is 9.58. The molecule has 0 aliphatic heterocycles. The van der Waals surface area contributed by atoms with Gasteiger partial charge in [-0.1, -0.05) is 24.0 Å². The Bertz CT molecular complexity index is 834. The molecule has 2 aromatic rings. The summed E-state index contributed by atoms with van der Waals surface area (Å²) < 4.78 is 9.62. The highest BCUT2D eigenvalue weighted by molar-refractivity contribution is 5.89. The lowest BCUT2D eigenvalue weighted by Crippen LogP contribution is -2.11. The van der Waals surface area contributed by atoms with Crippen molar-refractivity contribution in [3.05, 3.63) is 58.9 Å². The highest BCUT2D eigenvalue weighted by atomic mass is 16.5. The fourth-order valence-corrected chi connectivity index (χ4v) is 1.90. The van der Waals surface area contributed by atoms with Crippen LogP contribution in [0.5, 0.6) is 0 Å². The summed E-state index contributed by atoms with van der Waals surface area (Å²) in [7, 11) is 1.26. The number of hydrogen-bond donors (Lipinski definition) is 1. The lowest BCUT2D eigenvalue weighted by molar-refractivity contribution is -0.142. The highest BCUT2D eigenvalue weighted by Gasteiger charge is 2.15. The molecule has 6 nitrogen and oxygen atoms in total. The summed E-state index contributed by atoms with van der Waals surface area (Å²) in [6, 6.07) is 8.86. The van der Waals surface area contributed by atoms with Crippen LogP contribution in [0, 0.1) is 11.8 Å². The van der Waals surface area contributed by atoms with Crippen molar-refractivity contribution in [1.29, 1.82) is 0 Å². The number of nitrogens with two attached hydrogens (primary N) is 1. The van der Waals surface area contributed by atoms with E-state index in [9.17, 15) is 9.59 Å². The predicted molar refractivity (Wildman–Crippen MR) is 87.9 cm³/mol. The molecule has 0 spiro atoms. The van der Waals surface area contributed by atoms with Crippen molar-refractivity contribution < 1.29 is 19.1 Å². The Balaban J connectivity index is 2.35. The zero-order valence-corrected chi connectivity index (χ0v) is 13.3. The Labute approximate surface area is 139 Å². The Morgan fingerprint density at radius 3 is 2.67 bits per heavy atom. The number of rotatable bonds is 3. The number of esters is 2. The number of ether oxygens (including phenoxy) is 2. The minimum absolute atomic E-state index is 0.0866. The Morgan fingerprint density at radius 2 is 2.00 bits per heavy atom. The third-order valence-electron chi connectivity index (χ3n) is 3.08. The van der Waals surface area contributed by atoms with Crippen LogP contribution in [-0.2, 0) is 20.9 Å². The molecule has 122 valence electrons. The summed E-state index contributed by atoms with van der Waals surface area (Å²) >= 11 is 0. The van der Waals surface area contributed by atoms with Crippen LogP contribution >= 0.6 is 0 Å². The van der Waals surface area contributed by atoms with Crippen LogP contribution in [-0.4, -0.2) is 24.0 Å². The summed E-state index contributed by atoms with van der Waals surface area (Å²) in [5, 5.41) is 0. The Morgan fingerprint density at radius 1 is 1.25 bits per heavy atom. The summed E-state index contributed by atoms with van der Waals surface area (Å²) in [6.45, 7) is 1.20. The van der Waals surface area contributed by atoms with Crippen molar-refractivity contribution >= 4 is 17.6 Å². The molecule has 0 atom stereocenters. The molecule has 2 N–H and O–H groups in total. The van der Waals surface area contributed by atoms with Crippen molar-refractivity contribution in [2.75, 3.05) is 12.8 Å². The van der Waals surface area contributed by atoms with Crippen LogP contribution in [0.15, 0.2) is 36.5 Å². The number of aromatic nitrogens is 1. The van der Waals surface area contributed by atoms with Crippen molar-refractivity contribution in [3.8, 4) is 11.8 Å². The van der Waals surface area contributed by atoms with Gasteiger partial charge >= 0.3 is 11.9 Å². The van der Waals surface area contributed by atoms with Gasteiger partial charge in [0.25, 0.3) is 0 Å². The van der Waals surface area contributed by atoms with E-state index in [2.05, 4.69) is 21.6 Å². The monoisotopic (exact) mass is 324 g/mol. The van der Waals surface area contributed by atoms with Gasteiger partial charge < -0.3 is 15.2 Å². The number of carbonyl (C=O) groups excluding carboxylic acids is 2. The molecule has 24 heavy (non-hydrogen) atoms. The number of nitrogen functional groups attached to an aromatic ring is 1. The summed E-state index contributed by atoms with van der Waals surface area (Å²) in [6.07, 6.45) is 1.45. The molecule has 0 aliphatic carbocycles. The van der Waals surface area contributed by atoms with E-state index >= 15 is 0 Å². The van der Waals surface area contributed by atoms with E-state index in [0.29, 0.717) is 22.4 Å². The zero-order valence-electron chi connectivity index (χ0n) is 13.3. The number of para-hydroxylation sites is 1. The van der Waals surface area contributed by atoms with E-state index in [-0.39, 0.29) is 12.3 Å². The van der Waals surface area contributed by atoms with Gasteiger partial charge in [-0.2, -0.15) is 0 Å². The maximum Gasteiger partial charge on any atom is 0.357 e. The van der Waals surface area contributed by atoms with Gasteiger partial charge in [0.15, 0.2) is 5.69 Å². The van der Waals surface area contributed by atoms with Gasteiger partial charge in [0.2, 0.25) is 0 Å². The molecule has 0 saturated carbocycles. The van der Waals surface area contributed by atoms with Crippen molar-refractivity contribution in [3.63, 3.8) is 0 Å². The maximum atomic E-state index is 11.7. The average Bonchev–Trinajstić information content (AvgIpc) is 2.58. The van der Waals surface area contributed by atoms with Gasteiger partial charge in [-0.15, -0.1) is 0 Å². The van der Waals surface area contributed by atoms with E-state index in [1.54, 1.807) is 18.2 Å². The predicted octanol–water partition coefficient (Wildman–Crippen LogP) is 1.91. The molecule has 0 aliphatic rings. The molecule has 1 aromatic heterocycles. The second-order valence-corrected chi connectivity index (χ2v) is 4.84. The number of pyridine rings is 1. The van der Waals surface area contributed by atoms with Crippen LogP contribution in [0.25, 0.3) is 0 Å². The molecule has 1 aromatic carbocycles. The van der Waals surface area contributed by atoms with Gasteiger partial charge in [-0.25, -0.2) is 9.78 Å². The standard InChI is InChI=1S/C18H16N2O4/c1-12(21)24-11-15-9-13(10-20-17(15)18(22)23-2)7-8-14-5-3-4-6-16(14)19/h3-6,9-10H,11,19H2,1-2H3. The first-order valence-corrected chi connectivity index (χ1v) is 7.08. The van der Waals surface area contributed by atoms with Crippen LogP contribution in [0.3, 0.4) is 0 Å². The SMILES string of the molecule is COC(=O)c1ncc(C#Cc2ccccc2N)cc1COC(C)=O. The first kappa shape index (κ1) is 17.0. The van der Waals surface area contributed by atoms with Crippen molar-refractivity contribution in [2.24, 2.45) is 0 Å². The van der Waals surface area contributed by atoms with Crippen LogP contribution < -0.4 is 5.73 Å². The Kier molecular flexibility index (Phi) is 5.53. The molecule has 0 unspecified atom stereocenters. The summed E-state index contributed by atoms with van der Waals surface area (Å²) in [5.41, 5.74) is 8.18. The smallest absolute Gasteiger partial charge is 0.357 e. The number of methoxy groups -OCH3 is 1. The minimum atomic E-state index is -0.607. The number of carbonyl (C=O) groups is 2. The quantitative estimate of drug-likeness (QED) is 0.527.